The van der Waals surface area contributed by atoms with Gasteiger partial charge in [-0.25, -0.2) is 0 Å². The van der Waals surface area contributed by atoms with Gasteiger partial charge in [-0.3, -0.25) is 0 Å². The molecule has 1 N–H and O–H groups in total. The zero-order valence-electron chi connectivity index (χ0n) is 7.14. The van der Waals surface area contributed by atoms with Crippen LogP contribution in [0.2, 0.25) is 0 Å². The average Bonchev–Trinajstić information content (AvgIpc) is 2.66. The SMILES string of the molecule is OCc1nc(-c2cccc(Br)c2)no1. The summed E-state index contributed by atoms with van der Waals surface area (Å²) >= 11 is 3.35. The minimum atomic E-state index is -0.235. The number of hydrogen-bond donors (Lipinski definition) is 1. The lowest BCUT2D eigenvalue weighted by Gasteiger charge is -1.93. The minimum absolute atomic E-state index is 0.222. The highest BCUT2D eigenvalue weighted by Gasteiger charge is 2.07. The quantitative estimate of drug-likeness (QED) is 0.891. The largest absolute Gasteiger partial charge is 0.387 e. The van der Waals surface area contributed by atoms with Crippen LogP contribution in [0.1, 0.15) is 5.89 Å². The first kappa shape index (κ1) is 9.36. The Hall–Kier alpha value is -1.20. The van der Waals surface area contributed by atoms with E-state index in [9.17, 15) is 0 Å². The van der Waals surface area contributed by atoms with Crippen molar-refractivity contribution in [2.45, 2.75) is 6.61 Å². The van der Waals surface area contributed by atoms with Crippen LogP contribution >= 0.6 is 15.9 Å². The van der Waals surface area contributed by atoms with Crippen molar-refractivity contribution >= 4 is 15.9 Å². The number of hydrogen-bond acceptors (Lipinski definition) is 4. The van der Waals surface area contributed by atoms with E-state index >= 15 is 0 Å². The molecule has 0 aliphatic heterocycles. The summed E-state index contributed by atoms with van der Waals surface area (Å²) in [5, 5.41) is 12.5. The molecule has 14 heavy (non-hydrogen) atoms. The van der Waals surface area contributed by atoms with Gasteiger partial charge < -0.3 is 9.63 Å². The van der Waals surface area contributed by atoms with Crippen LogP contribution in [-0.2, 0) is 6.61 Å². The highest BCUT2D eigenvalue weighted by atomic mass is 79.9. The van der Waals surface area contributed by atoms with Crippen molar-refractivity contribution in [3.8, 4) is 11.4 Å². The summed E-state index contributed by atoms with van der Waals surface area (Å²) in [7, 11) is 0. The predicted molar refractivity (Wildman–Crippen MR) is 53.4 cm³/mol. The molecule has 0 radical (unpaired) electrons. The Labute approximate surface area is 88.7 Å². The predicted octanol–water partition coefficient (Wildman–Crippen LogP) is 1.99. The zero-order valence-corrected chi connectivity index (χ0v) is 8.73. The van der Waals surface area contributed by atoms with Crippen molar-refractivity contribution in [1.82, 2.24) is 10.1 Å². The lowest BCUT2D eigenvalue weighted by Crippen LogP contribution is -1.83. The Kier molecular flexibility index (Phi) is 2.60. The van der Waals surface area contributed by atoms with Crippen molar-refractivity contribution < 1.29 is 9.63 Å². The Morgan fingerprint density at radius 3 is 2.93 bits per heavy atom. The molecule has 0 spiro atoms. The Morgan fingerprint density at radius 1 is 1.43 bits per heavy atom. The molecule has 0 amide bonds. The summed E-state index contributed by atoms with van der Waals surface area (Å²) in [5.74, 6) is 0.704. The van der Waals surface area contributed by atoms with Gasteiger partial charge in [0.2, 0.25) is 5.82 Å². The molecule has 1 heterocycles. The van der Waals surface area contributed by atoms with Crippen LogP contribution < -0.4 is 0 Å². The molecule has 1 aromatic carbocycles. The molecule has 72 valence electrons. The van der Waals surface area contributed by atoms with E-state index in [1.807, 2.05) is 24.3 Å². The third-order valence-electron chi connectivity index (χ3n) is 1.69. The van der Waals surface area contributed by atoms with Crippen molar-refractivity contribution in [3.63, 3.8) is 0 Å². The molecule has 0 saturated heterocycles. The summed E-state index contributed by atoms with van der Waals surface area (Å²) < 4.78 is 5.73. The fourth-order valence-electron chi connectivity index (χ4n) is 1.06. The second kappa shape index (κ2) is 3.89. The van der Waals surface area contributed by atoms with Gasteiger partial charge in [0.1, 0.15) is 6.61 Å². The van der Waals surface area contributed by atoms with Gasteiger partial charge in [-0.15, -0.1) is 0 Å². The molecule has 0 atom stereocenters. The van der Waals surface area contributed by atoms with Gasteiger partial charge in [-0.05, 0) is 12.1 Å². The molecule has 0 fully saturated rings. The maximum Gasteiger partial charge on any atom is 0.252 e. The van der Waals surface area contributed by atoms with Crippen LogP contribution in [0.25, 0.3) is 11.4 Å². The average molecular weight is 255 g/mol. The monoisotopic (exact) mass is 254 g/mol. The lowest BCUT2D eigenvalue weighted by molar-refractivity contribution is 0.222. The molecule has 0 aliphatic rings. The summed E-state index contributed by atoms with van der Waals surface area (Å²) in [6, 6.07) is 7.55. The molecular formula is C9H7BrN2O2. The standard InChI is InChI=1S/C9H7BrN2O2/c10-7-3-1-2-6(4-7)9-11-8(5-13)14-12-9/h1-4,13H,5H2. The number of aromatic nitrogens is 2. The van der Waals surface area contributed by atoms with E-state index in [-0.39, 0.29) is 12.5 Å². The second-order valence-electron chi connectivity index (χ2n) is 2.68. The van der Waals surface area contributed by atoms with Gasteiger partial charge in [0.25, 0.3) is 5.89 Å². The number of benzene rings is 1. The third-order valence-corrected chi connectivity index (χ3v) is 2.18. The Bertz CT molecular complexity index is 442. The zero-order chi connectivity index (χ0) is 9.97. The molecule has 2 aromatic rings. The van der Waals surface area contributed by atoms with Crippen LogP contribution in [0, 0.1) is 0 Å². The van der Waals surface area contributed by atoms with E-state index in [0.29, 0.717) is 5.82 Å². The highest BCUT2D eigenvalue weighted by Crippen LogP contribution is 2.20. The molecule has 0 aliphatic carbocycles. The van der Waals surface area contributed by atoms with E-state index in [1.165, 1.54) is 0 Å². The van der Waals surface area contributed by atoms with Gasteiger partial charge in [-0.1, -0.05) is 33.2 Å². The van der Waals surface area contributed by atoms with Crippen LogP contribution in [0.5, 0.6) is 0 Å². The van der Waals surface area contributed by atoms with E-state index in [2.05, 4.69) is 26.1 Å². The fourth-order valence-corrected chi connectivity index (χ4v) is 1.46. The maximum absolute atomic E-state index is 8.75. The van der Waals surface area contributed by atoms with E-state index < -0.39 is 0 Å². The van der Waals surface area contributed by atoms with Crippen molar-refractivity contribution in [2.75, 3.05) is 0 Å². The van der Waals surface area contributed by atoms with Crippen LogP contribution in [0.4, 0.5) is 0 Å². The van der Waals surface area contributed by atoms with Gasteiger partial charge in [0.15, 0.2) is 0 Å². The fraction of sp³-hybridized carbons (Fsp3) is 0.111. The molecule has 0 bridgehead atoms. The molecule has 0 saturated carbocycles. The molecular weight excluding hydrogens is 248 g/mol. The first-order valence-electron chi connectivity index (χ1n) is 3.99. The number of halogens is 1. The van der Waals surface area contributed by atoms with Crippen molar-refractivity contribution in [2.24, 2.45) is 0 Å². The van der Waals surface area contributed by atoms with Gasteiger partial charge in [0, 0.05) is 10.0 Å². The molecule has 5 heteroatoms. The van der Waals surface area contributed by atoms with Crippen LogP contribution in [0.15, 0.2) is 33.3 Å². The maximum atomic E-state index is 8.75. The highest BCUT2D eigenvalue weighted by molar-refractivity contribution is 9.10. The number of nitrogens with zero attached hydrogens (tertiary/aromatic N) is 2. The van der Waals surface area contributed by atoms with Crippen molar-refractivity contribution in [3.05, 3.63) is 34.6 Å². The summed E-state index contributed by atoms with van der Waals surface area (Å²) in [4.78, 5) is 3.99. The summed E-state index contributed by atoms with van der Waals surface area (Å²) in [5.41, 5.74) is 0.850. The number of aliphatic hydroxyl groups is 1. The Balaban J connectivity index is 2.39. The first-order valence-corrected chi connectivity index (χ1v) is 4.78. The van der Waals surface area contributed by atoms with Crippen molar-refractivity contribution in [1.29, 1.82) is 0 Å². The minimum Gasteiger partial charge on any atom is -0.387 e. The third kappa shape index (κ3) is 1.83. The normalized spacial score (nSPS) is 10.4. The topological polar surface area (TPSA) is 59.2 Å². The molecule has 0 unspecified atom stereocenters. The van der Waals surface area contributed by atoms with Crippen LogP contribution in [0.3, 0.4) is 0 Å². The van der Waals surface area contributed by atoms with Gasteiger partial charge >= 0.3 is 0 Å². The first-order chi connectivity index (χ1) is 6.79. The van der Waals surface area contributed by atoms with E-state index in [1.54, 1.807) is 0 Å². The number of aliphatic hydroxyl groups excluding tert-OH is 1. The van der Waals surface area contributed by atoms with E-state index in [4.69, 9.17) is 9.63 Å². The number of rotatable bonds is 2. The molecule has 4 nitrogen and oxygen atoms in total. The summed E-state index contributed by atoms with van der Waals surface area (Å²) in [6.45, 7) is -0.235. The molecule has 1 aromatic heterocycles. The van der Waals surface area contributed by atoms with Gasteiger partial charge in [-0.2, -0.15) is 4.98 Å². The Morgan fingerprint density at radius 2 is 2.29 bits per heavy atom. The lowest BCUT2D eigenvalue weighted by atomic mass is 10.2. The van der Waals surface area contributed by atoms with Gasteiger partial charge in [0.05, 0.1) is 0 Å². The second-order valence-corrected chi connectivity index (χ2v) is 3.60. The van der Waals surface area contributed by atoms with E-state index in [0.717, 1.165) is 10.0 Å². The molecule has 2 rings (SSSR count). The smallest absolute Gasteiger partial charge is 0.252 e. The summed E-state index contributed by atoms with van der Waals surface area (Å²) in [6.07, 6.45) is 0. The van der Waals surface area contributed by atoms with Crippen LogP contribution in [-0.4, -0.2) is 15.2 Å².